The van der Waals surface area contributed by atoms with Crippen molar-refractivity contribution < 1.29 is 4.74 Å². The van der Waals surface area contributed by atoms with Crippen molar-refractivity contribution in [3.8, 4) is 17.0 Å². The zero-order valence-electron chi connectivity index (χ0n) is 11.3. The summed E-state index contributed by atoms with van der Waals surface area (Å²) < 4.78 is 7.10. The van der Waals surface area contributed by atoms with Crippen LogP contribution in [-0.2, 0) is 7.05 Å². The fraction of sp³-hybridized carbons (Fsp3) is 0.357. The summed E-state index contributed by atoms with van der Waals surface area (Å²) in [5, 5.41) is 4.37. The molecule has 2 aromatic rings. The molecule has 0 amide bonds. The van der Waals surface area contributed by atoms with Crippen molar-refractivity contribution in [3.63, 3.8) is 0 Å². The van der Waals surface area contributed by atoms with E-state index in [1.165, 1.54) is 5.56 Å². The van der Waals surface area contributed by atoms with Gasteiger partial charge in [-0.25, -0.2) is 0 Å². The summed E-state index contributed by atoms with van der Waals surface area (Å²) >= 11 is 0. The summed E-state index contributed by atoms with van der Waals surface area (Å²) in [6.07, 6.45) is 0. The molecule has 0 spiro atoms. The van der Waals surface area contributed by atoms with Crippen LogP contribution in [0.3, 0.4) is 0 Å². The predicted molar refractivity (Wildman–Crippen MR) is 73.7 cm³/mol. The minimum Gasteiger partial charge on any atom is -0.496 e. The first-order valence-corrected chi connectivity index (χ1v) is 6.00. The highest BCUT2D eigenvalue weighted by molar-refractivity contribution is 5.65. The van der Waals surface area contributed by atoms with E-state index in [1.807, 2.05) is 19.2 Å². The van der Waals surface area contributed by atoms with E-state index in [9.17, 15) is 0 Å². The molecule has 0 bridgehead atoms. The second kappa shape index (κ2) is 4.72. The Kier molecular flexibility index (Phi) is 3.28. The molecule has 0 aliphatic carbocycles. The van der Waals surface area contributed by atoms with Gasteiger partial charge in [-0.3, -0.25) is 4.68 Å². The number of nitrogens with zero attached hydrogens (tertiary/aromatic N) is 2. The van der Waals surface area contributed by atoms with E-state index in [0.29, 0.717) is 11.7 Å². The monoisotopic (exact) mass is 245 g/mol. The lowest BCUT2D eigenvalue weighted by molar-refractivity contribution is 0.408. The van der Waals surface area contributed by atoms with Crippen molar-refractivity contribution in [2.75, 3.05) is 12.8 Å². The van der Waals surface area contributed by atoms with E-state index in [0.717, 1.165) is 17.0 Å². The number of hydrogen-bond acceptors (Lipinski definition) is 3. The Morgan fingerprint density at radius 2 is 2.00 bits per heavy atom. The van der Waals surface area contributed by atoms with Gasteiger partial charge in [-0.1, -0.05) is 26.0 Å². The molecule has 0 unspecified atom stereocenters. The van der Waals surface area contributed by atoms with Gasteiger partial charge in [-0.15, -0.1) is 0 Å². The number of anilines is 1. The van der Waals surface area contributed by atoms with Crippen molar-refractivity contribution in [2.45, 2.75) is 19.8 Å². The van der Waals surface area contributed by atoms with Crippen LogP contribution < -0.4 is 10.5 Å². The summed E-state index contributed by atoms with van der Waals surface area (Å²) in [4.78, 5) is 0. The molecule has 4 nitrogen and oxygen atoms in total. The van der Waals surface area contributed by atoms with Crippen LogP contribution in [-0.4, -0.2) is 16.9 Å². The molecule has 0 aliphatic heterocycles. The third kappa shape index (κ3) is 2.18. The van der Waals surface area contributed by atoms with Crippen LogP contribution in [0.2, 0.25) is 0 Å². The van der Waals surface area contributed by atoms with Crippen molar-refractivity contribution in [1.29, 1.82) is 0 Å². The summed E-state index contributed by atoms with van der Waals surface area (Å²) in [6, 6.07) is 8.02. The maximum atomic E-state index is 5.80. The number of methoxy groups -OCH3 is 1. The van der Waals surface area contributed by atoms with Crippen molar-refractivity contribution in [1.82, 2.24) is 9.78 Å². The maximum Gasteiger partial charge on any atom is 0.122 e. The average Bonchev–Trinajstić information content (AvgIpc) is 2.68. The van der Waals surface area contributed by atoms with E-state index in [1.54, 1.807) is 11.8 Å². The topological polar surface area (TPSA) is 53.1 Å². The lowest BCUT2D eigenvalue weighted by atomic mass is 9.99. The van der Waals surface area contributed by atoms with Crippen LogP contribution >= 0.6 is 0 Å². The van der Waals surface area contributed by atoms with Crippen molar-refractivity contribution >= 4 is 5.82 Å². The zero-order chi connectivity index (χ0) is 13.3. The van der Waals surface area contributed by atoms with Gasteiger partial charge in [0.2, 0.25) is 0 Å². The normalized spacial score (nSPS) is 10.9. The summed E-state index contributed by atoms with van der Waals surface area (Å²) in [5.74, 6) is 1.98. The number of nitrogens with two attached hydrogens (primary N) is 1. The Labute approximate surface area is 107 Å². The van der Waals surface area contributed by atoms with E-state index in [2.05, 4.69) is 31.1 Å². The summed E-state index contributed by atoms with van der Waals surface area (Å²) in [7, 11) is 3.52. The Bertz CT molecular complexity index is 539. The fourth-order valence-corrected chi connectivity index (χ4v) is 1.97. The van der Waals surface area contributed by atoms with Crippen LogP contribution in [0.5, 0.6) is 5.75 Å². The molecule has 96 valence electrons. The molecule has 0 saturated heterocycles. The molecule has 0 radical (unpaired) electrons. The quantitative estimate of drug-likeness (QED) is 0.904. The largest absolute Gasteiger partial charge is 0.496 e. The van der Waals surface area contributed by atoms with Crippen LogP contribution in [0.15, 0.2) is 24.3 Å². The molecule has 0 atom stereocenters. The average molecular weight is 245 g/mol. The molecule has 2 rings (SSSR count). The van der Waals surface area contributed by atoms with Crippen LogP contribution in [0.4, 0.5) is 5.82 Å². The molecular weight excluding hydrogens is 226 g/mol. The van der Waals surface area contributed by atoms with Gasteiger partial charge in [0.1, 0.15) is 11.6 Å². The van der Waals surface area contributed by atoms with Gasteiger partial charge in [0.15, 0.2) is 0 Å². The van der Waals surface area contributed by atoms with E-state index in [4.69, 9.17) is 10.5 Å². The number of ether oxygens (including phenoxy) is 1. The molecular formula is C14H19N3O. The fourth-order valence-electron chi connectivity index (χ4n) is 1.97. The SMILES string of the molecule is COc1cc(-c2cc(N)n(C)n2)ccc1C(C)C. The lowest BCUT2D eigenvalue weighted by Gasteiger charge is -2.12. The van der Waals surface area contributed by atoms with Gasteiger partial charge in [0.25, 0.3) is 0 Å². The Morgan fingerprint density at radius 1 is 1.28 bits per heavy atom. The highest BCUT2D eigenvalue weighted by Gasteiger charge is 2.11. The van der Waals surface area contributed by atoms with Gasteiger partial charge in [0.05, 0.1) is 12.8 Å². The van der Waals surface area contributed by atoms with Gasteiger partial charge < -0.3 is 10.5 Å². The maximum absolute atomic E-state index is 5.80. The van der Waals surface area contributed by atoms with Gasteiger partial charge in [0, 0.05) is 18.7 Å². The zero-order valence-corrected chi connectivity index (χ0v) is 11.3. The second-order valence-corrected chi connectivity index (χ2v) is 4.69. The summed E-state index contributed by atoms with van der Waals surface area (Å²) in [5.41, 5.74) is 8.88. The molecule has 0 fully saturated rings. The number of aromatic nitrogens is 2. The minimum absolute atomic E-state index is 0.433. The second-order valence-electron chi connectivity index (χ2n) is 4.69. The van der Waals surface area contributed by atoms with Crippen molar-refractivity contribution in [3.05, 3.63) is 29.8 Å². The third-order valence-electron chi connectivity index (χ3n) is 3.07. The first kappa shape index (κ1) is 12.5. The summed E-state index contributed by atoms with van der Waals surface area (Å²) in [6.45, 7) is 4.30. The van der Waals surface area contributed by atoms with Crippen LogP contribution in [0.25, 0.3) is 11.3 Å². The standard InChI is InChI=1S/C14H19N3O/c1-9(2)11-6-5-10(7-13(11)18-4)12-8-14(15)17(3)16-12/h5-9H,15H2,1-4H3. The smallest absolute Gasteiger partial charge is 0.122 e. The number of rotatable bonds is 3. The van der Waals surface area contributed by atoms with Crippen LogP contribution in [0, 0.1) is 0 Å². The van der Waals surface area contributed by atoms with E-state index in [-0.39, 0.29) is 0 Å². The molecule has 0 aliphatic rings. The molecule has 1 heterocycles. The number of benzene rings is 1. The van der Waals surface area contributed by atoms with Gasteiger partial charge in [-0.05, 0) is 17.5 Å². The highest BCUT2D eigenvalue weighted by Crippen LogP contribution is 2.31. The van der Waals surface area contributed by atoms with E-state index < -0.39 is 0 Å². The van der Waals surface area contributed by atoms with Crippen molar-refractivity contribution in [2.24, 2.45) is 7.05 Å². The Hall–Kier alpha value is -1.97. The first-order valence-electron chi connectivity index (χ1n) is 6.00. The third-order valence-corrected chi connectivity index (χ3v) is 3.07. The van der Waals surface area contributed by atoms with Crippen LogP contribution in [0.1, 0.15) is 25.3 Å². The number of hydrogen-bond donors (Lipinski definition) is 1. The molecule has 18 heavy (non-hydrogen) atoms. The number of aryl methyl sites for hydroxylation is 1. The highest BCUT2D eigenvalue weighted by atomic mass is 16.5. The molecule has 2 N–H and O–H groups in total. The Balaban J connectivity index is 2.47. The predicted octanol–water partition coefficient (Wildman–Crippen LogP) is 2.80. The molecule has 4 heteroatoms. The Morgan fingerprint density at radius 3 is 2.50 bits per heavy atom. The molecule has 1 aromatic carbocycles. The first-order chi connectivity index (χ1) is 8.52. The molecule has 1 aromatic heterocycles. The number of nitrogen functional groups attached to an aromatic ring is 1. The van der Waals surface area contributed by atoms with Gasteiger partial charge >= 0.3 is 0 Å². The van der Waals surface area contributed by atoms with E-state index >= 15 is 0 Å². The molecule has 0 saturated carbocycles. The lowest BCUT2D eigenvalue weighted by Crippen LogP contribution is -1.97. The van der Waals surface area contributed by atoms with Gasteiger partial charge in [-0.2, -0.15) is 5.10 Å². The minimum atomic E-state index is 0.433.